The molecule has 2 N–H and O–H groups in total. The van der Waals surface area contributed by atoms with Gasteiger partial charge in [-0.2, -0.15) is 0 Å². The molecule has 0 radical (unpaired) electrons. The molecule has 0 aliphatic heterocycles. The zero-order chi connectivity index (χ0) is 31.1. The SMILES string of the molecule is CCOC(=O)c1c(NC(=O)C(C)Sc2nnc(CNC(=O)c3ccco3)n2-c2ccc(OCC)cc2)sc2c1CCCCC2. The van der Waals surface area contributed by atoms with Gasteiger partial charge in [-0.15, -0.1) is 21.5 Å². The minimum atomic E-state index is -0.594. The van der Waals surface area contributed by atoms with Gasteiger partial charge in [-0.05, 0) is 88.4 Å². The molecule has 4 aromatic rings. The molecule has 11 nitrogen and oxygen atoms in total. The van der Waals surface area contributed by atoms with Crippen LogP contribution in [0.5, 0.6) is 5.75 Å². The number of aromatic nitrogens is 3. The monoisotopic (exact) mass is 637 g/mol. The van der Waals surface area contributed by atoms with Gasteiger partial charge in [0.2, 0.25) is 5.91 Å². The first-order chi connectivity index (χ1) is 21.4. The lowest BCUT2D eigenvalue weighted by molar-refractivity contribution is -0.115. The maximum atomic E-state index is 13.5. The third-order valence-corrected chi connectivity index (χ3v) is 9.30. The Morgan fingerprint density at radius 2 is 1.86 bits per heavy atom. The van der Waals surface area contributed by atoms with Gasteiger partial charge < -0.3 is 24.5 Å². The van der Waals surface area contributed by atoms with Gasteiger partial charge in [-0.3, -0.25) is 14.2 Å². The third kappa shape index (κ3) is 7.16. The Bertz CT molecular complexity index is 1600. The van der Waals surface area contributed by atoms with E-state index >= 15 is 0 Å². The number of hydrogen-bond acceptors (Lipinski definition) is 10. The first kappa shape index (κ1) is 31.3. The second-order valence-electron chi connectivity index (χ2n) is 10.1. The van der Waals surface area contributed by atoms with E-state index in [1.54, 1.807) is 30.5 Å². The van der Waals surface area contributed by atoms with Crippen molar-refractivity contribution in [1.82, 2.24) is 20.1 Å². The molecule has 13 heteroatoms. The Hall–Kier alpha value is -4.10. The number of fused-ring (bicyclic) bond motifs is 1. The van der Waals surface area contributed by atoms with Crippen molar-refractivity contribution in [3.8, 4) is 11.4 Å². The number of benzene rings is 1. The summed E-state index contributed by atoms with van der Waals surface area (Å²) >= 11 is 2.69. The van der Waals surface area contributed by atoms with Crippen LogP contribution < -0.4 is 15.4 Å². The van der Waals surface area contributed by atoms with Gasteiger partial charge in [-0.1, -0.05) is 18.2 Å². The summed E-state index contributed by atoms with van der Waals surface area (Å²) in [5.41, 5.74) is 2.21. The average molecular weight is 638 g/mol. The third-order valence-electron chi connectivity index (χ3n) is 7.05. The van der Waals surface area contributed by atoms with Crippen LogP contribution in [0.25, 0.3) is 5.69 Å². The van der Waals surface area contributed by atoms with E-state index in [4.69, 9.17) is 13.9 Å². The van der Waals surface area contributed by atoms with Gasteiger partial charge in [0, 0.05) is 10.6 Å². The maximum absolute atomic E-state index is 13.5. The second kappa shape index (κ2) is 14.6. The summed E-state index contributed by atoms with van der Waals surface area (Å²) in [6.07, 6.45) is 6.29. The van der Waals surface area contributed by atoms with E-state index in [1.807, 2.05) is 31.2 Å². The Kier molecular flexibility index (Phi) is 10.4. The van der Waals surface area contributed by atoms with Gasteiger partial charge in [0.05, 0.1) is 36.8 Å². The number of carbonyl (C=O) groups excluding carboxylic acids is 3. The molecule has 3 heterocycles. The number of esters is 1. The Labute approximate surface area is 263 Å². The molecule has 1 atom stereocenters. The van der Waals surface area contributed by atoms with E-state index < -0.39 is 11.2 Å². The summed E-state index contributed by atoms with van der Waals surface area (Å²) in [7, 11) is 0. The standard InChI is InChI=1S/C31H35N5O6S2/c1-4-40-21-15-13-20(14-16-21)36-25(18-32-28(38)23-11-9-17-42-23)34-35-31(36)43-19(3)27(37)33-29-26(30(39)41-5-2)22-10-7-6-8-12-24(22)44-29/h9,11,13-17,19H,4-8,10,12,18H2,1-3H3,(H,32,38)(H,33,37). The molecule has 2 amide bonds. The number of anilines is 1. The molecular formula is C31H35N5O6S2. The van der Waals surface area contributed by atoms with Crippen LogP contribution in [0.4, 0.5) is 5.00 Å². The number of nitrogens with one attached hydrogen (secondary N) is 2. The van der Waals surface area contributed by atoms with Crippen molar-refractivity contribution in [2.75, 3.05) is 18.5 Å². The average Bonchev–Trinajstić information content (AvgIpc) is 3.73. The van der Waals surface area contributed by atoms with Crippen LogP contribution >= 0.6 is 23.1 Å². The topological polar surface area (TPSA) is 138 Å². The van der Waals surface area contributed by atoms with Crippen LogP contribution in [0.15, 0.2) is 52.2 Å². The largest absolute Gasteiger partial charge is 0.494 e. The van der Waals surface area contributed by atoms with E-state index in [1.165, 1.54) is 29.4 Å². The lowest BCUT2D eigenvalue weighted by Crippen LogP contribution is -2.25. The molecule has 0 spiro atoms. The van der Waals surface area contributed by atoms with Crippen LogP contribution in [-0.4, -0.2) is 51.0 Å². The number of hydrogen-bond donors (Lipinski definition) is 2. The number of amides is 2. The van der Waals surface area contributed by atoms with Crippen molar-refractivity contribution in [3.05, 3.63) is 70.3 Å². The molecule has 3 aromatic heterocycles. The lowest BCUT2D eigenvalue weighted by atomic mass is 10.1. The van der Waals surface area contributed by atoms with Crippen molar-refractivity contribution in [3.63, 3.8) is 0 Å². The van der Waals surface area contributed by atoms with Gasteiger partial charge in [0.25, 0.3) is 5.91 Å². The fourth-order valence-electron chi connectivity index (χ4n) is 4.94. The lowest BCUT2D eigenvalue weighted by Gasteiger charge is -2.15. The molecule has 1 aliphatic rings. The van der Waals surface area contributed by atoms with E-state index in [-0.39, 0.29) is 30.7 Å². The molecule has 0 fully saturated rings. The molecule has 232 valence electrons. The van der Waals surface area contributed by atoms with Crippen LogP contribution in [0.3, 0.4) is 0 Å². The summed E-state index contributed by atoms with van der Waals surface area (Å²) in [6.45, 7) is 6.33. The second-order valence-corrected chi connectivity index (χ2v) is 12.5. The molecule has 1 aliphatic carbocycles. The highest BCUT2D eigenvalue weighted by molar-refractivity contribution is 8.00. The van der Waals surface area contributed by atoms with Gasteiger partial charge >= 0.3 is 5.97 Å². The van der Waals surface area contributed by atoms with E-state index in [2.05, 4.69) is 20.8 Å². The number of nitrogens with zero attached hydrogens (tertiary/aromatic N) is 3. The van der Waals surface area contributed by atoms with Gasteiger partial charge in [0.1, 0.15) is 10.8 Å². The van der Waals surface area contributed by atoms with E-state index in [0.29, 0.717) is 33.9 Å². The molecule has 1 unspecified atom stereocenters. The number of carbonyl (C=O) groups is 3. The van der Waals surface area contributed by atoms with Gasteiger partial charge in [-0.25, -0.2) is 4.79 Å². The zero-order valence-corrected chi connectivity index (χ0v) is 26.5. The highest BCUT2D eigenvalue weighted by Crippen LogP contribution is 2.38. The Morgan fingerprint density at radius 3 is 2.59 bits per heavy atom. The number of furan rings is 1. The van der Waals surface area contributed by atoms with Crippen molar-refractivity contribution < 1.29 is 28.3 Å². The summed E-state index contributed by atoms with van der Waals surface area (Å²) in [5.74, 6) is 0.307. The predicted molar refractivity (Wildman–Crippen MR) is 168 cm³/mol. The number of rotatable bonds is 12. The normalized spacial score (nSPS) is 13.4. The highest BCUT2D eigenvalue weighted by Gasteiger charge is 2.29. The van der Waals surface area contributed by atoms with Crippen LogP contribution in [0.1, 0.15) is 77.2 Å². The smallest absolute Gasteiger partial charge is 0.341 e. The molecular weight excluding hydrogens is 603 g/mol. The van der Waals surface area contributed by atoms with Crippen molar-refractivity contribution in [2.24, 2.45) is 0 Å². The first-order valence-corrected chi connectivity index (χ1v) is 16.4. The maximum Gasteiger partial charge on any atom is 0.341 e. The number of thioether (sulfide) groups is 1. The molecule has 0 saturated heterocycles. The minimum Gasteiger partial charge on any atom is -0.494 e. The fourth-order valence-corrected chi connectivity index (χ4v) is 7.10. The summed E-state index contributed by atoms with van der Waals surface area (Å²) in [6, 6.07) is 10.6. The molecule has 5 rings (SSSR count). The molecule has 1 aromatic carbocycles. The zero-order valence-electron chi connectivity index (χ0n) is 24.9. The Morgan fingerprint density at radius 1 is 1.07 bits per heavy atom. The van der Waals surface area contributed by atoms with Gasteiger partial charge in [0.15, 0.2) is 16.7 Å². The van der Waals surface area contributed by atoms with Crippen LogP contribution in [0.2, 0.25) is 0 Å². The molecule has 0 saturated carbocycles. The summed E-state index contributed by atoms with van der Waals surface area (Å²) < 4.78 is 18.0. The Balaban J connectivity index is 1.38. The minimum absolute atomic E-state index is 0.0739. The van der Waals surface area contributed by atoms with Crippen LogP contribution in [0, 0.1) is 0 Å². The fraction of sp³-hybridized carbons (Fsp3) is 0.387. The van der Waals surface area contributed by atoms with Crippen molar-refractivity contribution in [1.29, 1.82) is 0 Å². The van der Waals surface area contributed by atoms with Crippen LogP contribution in [-0.2, 0) is 28.9 Å². The molecule has 44 heavy (non-hydrogen) atoms. The molecule has 0 bridgehead atoms. The number of aryl methyl sites for hydroxylation is 1. The van der Waals surface area contributed by atoms with Crippen molar-refractivity contribution >= 4 is 45.9 Å². The van der Waals surface area contributed by atoms with Crippen molar-refractivity contribution in [2.45, 2.75) is 69.8 Å². The predicted octanol–water partition coefficient (Wildman–Crippen LogP) is 5.82. The van der Waals surface area contributed by atoms with E-state index in [0.717, 1.165) is 48.2 Å². The highest BCUT2D eigenvalue weighted by atomic mass is 32.2. The number of ether oxygens (including phenoxy) is 2. The summed E-state index contributed by atoms with van der Waals surface area (Å²) in [4.78, 5) is 40.2. The number of thiophene rings is 1. The van der Waals surface area contributed by atoms with E-state index in [9.17, 15) is 14.4 Å². The summed E-state index contributed by atoms with van der Waals surface area (Å²) in [5, 5.41) is 14.9. The quantitative estimate of drug-likeness (QED) is 0.112. The first-order valence-electron chi connectivity index (χ1n) is 14.7.